The van der Waals surface area contributed by atoms with Gasteiger partial charge in [-0.15, -0.1) is 0 Å². The Balaban J connectivity index is 2.11. The summed E-state index contributed by atoms with van der Waals surface area (Å²) in [6.07, 6.45) is 19.4. The molecule has 1 unspecified atom stereocenters. The Labute approximate surface area is 126 Å². The molecule has 0 bridgehead atoms. The molecule has 1 nitrogen and oxygen atoms in total. The molecular weight excluding hydrogens is 242 g/mol. The second-order valence-electron chi connectivity index (χ2n) is 7.33. The Hall–Kier alpha value is -0.300. The standard InChI is InChI=1S/C19H35N/c1-3-16-20-18(19(2)14-10-7-11-15-19)17-12-8-5-4-6-9-13-17/h12,18,20H,3-11,13-16H2,1-2H3. The van der Waals surface area contributed by atoms with E-state index in [1.807, 2.05) is 0 Å². The maximum Gasteiger partial charge on any atom is 0.0333 e. The molecule has 1 fully saturated rings. The average Bonchev–Trinajstić information content (AvgIpc) is 2.41. The molecule has 0 heterocycles. The van der Waals surface area contributed by atoms with Gasteiger partial charge in [0.05, 0.1) is 0 Å². The van der Waals surface area contributed by atoms with E-state index in [4.69, 9.17) is 0 Å². The zero-order valence-corrected chi connectivity index (χ0v) is 13.8. The van der Waals surface area contributed by atoms with Crippen molar-refractivity contribution in [2.75, 3.05) is 6.54 Å². The van der Waals surface area contributed by atoms with E-state index in [0.29, 0.717) is 11.5 Å². The van der Waals surface area contributed by atoms with Crippen molar-refractivity contribution >= 4 is 0 Å². The Morgan fingerprint density at radius 3 is 2.50 bits per heavy atom. The van der Waals surface area contributed by atoms with Crippen LogP contribution in [0.4, 0.5) is 0 Å². The molecule has 2 aliphatic carbocycles. The maximum atomic E-state index is 3.93. The molecule has 1 atom stereocenters. The highest BCUT2D eigenvalue weighted by Gasteiger charge is 2.36. The summed E-state index contributed by atoms with van der Waals surface area (Å²) in [6.45, 7) is 6.02. The molecule has 116 valence electrons. The van der Waals surface area contributed by atoms with Gasteiger partial charge in [-0.25, -0.2) is 0 Å². The summed E-state index contributed by atoms with van der Waals surface area (Å²) in [5.74, 6) is 0. The van der Waals surface area contributed by atoms with E-state index in [2.05, 4.69) is 25.2 Å². The summed E-state index contributed by atoms with van der Waals surface area (Å²) in [4.78, 5) is 0. The van der Waals surface area contributed by atoms with Crippen molar-refractivity contribution < 1.29 is 0 Å². The molecule has 2 aliphatic rings. The highest BCUT2D eigenvalue weighted by atomic mass is 14.9. The fourth-order valence-corrected chi connectivity index (χ4v) is 4.24. The number of hydrogen-bond acceptors (Lipinski definition) is 1. The number of nitrogens with one attached hydrogen (secondary N) is 1. The van der Waals surface area contributed by atoms with E-state index in [0.717, 1.165) is 0 Å². The van der Waals surface area contributed by atoms with Crippen molar-refractivity contribution in [2.24, 2.45) is 5.41 Å². The molecule has 0 aliphatic heterocycles. The van der Waals surface area contributed by atoms with Gasteiger partial charge in [0.15, 0.2) is 0 Å². The Morgan fingerprint density at radius 1 is 1.05 bits per heavy atom. The van der Waals surface area contributed by atoms with E-state index in [-0.39, 0.29) is 0 Å². The normalized spacial score (nSPS) is 25.4. The van der Waals surface area contributed by atoms with Gasteiger partial charge in [-0.05, 0) is 56.9 Å². The summed E-state index contributed by atoms with van der Waals surface area (Å²) in [6, 6.07) is 0.654. The van der Waals surface area contributed by atoms with Gasteiger partial charge in [-0.3, -0.25) is 0 Å². The molecule has 1 saturated carbocycles. The summed E-state index contributed by atoms with van der Waals surface area (Å²) >= 11 is 0. The minimum atomic E-state index is 0.512. The lowest BCUT2D eigenvalue weighted by Crippen LogP contribution is -2.46. The molecule has 0 radical (unpaired) electrons. The van der Waals surface area contributed by atoms with Gasteiger partial charge in [0.2, 0.25) is 0 Å². The minimum Gasteiger partial charge on any atom is -0.310 e. The monoisotopic (exact) mass is 277 g/mol. The van der Waals surface area contributed by atoms with E-state index in [1.54, 1.807) is 5.57 Å². The van der Waals surface area contributed by atoms with Gasteiger partial charge < -0.3 is 5.32 Å². The van der Waals surface area contributed by atoms with Gasteiger partial charge >= 0.3 is 0 Å². The highest BCUT2D eigenvalue weighted by molar-refractivity contribution is 5.17. The molecule has 20 heavy (non-hydrogen) atoms. The van der Waals surface area contributed by atoms with Gasteiger partial charge in [-0.1, -0.05) is 57.6 Å². The first kappa shape index (κ1) is 16.1. The lowest BCUT2D eigenvalue weighted by Gasteiger charge is -2.43. The Kier molecular flexibility index (Phi) is 6.61. The fraction of sp³-hybridized carbons (Fsp3) is 0.895. The maximum absolute atomic E-state index is 3.93. The van der Waals surface area contributed by atoms with Crippen molar-refractivity contribution in [3.63, 3.8) is 0 Å². The van der Waals surface area contributed by atoms with Crippen LogP contribution >= 0.6 is 0 Å². The van der Waals surface area contributed by atoms with Crippen LogP contribution in [-0.2, 0) is 0 Å². The third-order valence-electron chi connectivity index (χ3n) is 5.49. The molecule has 0 aromatic rings. The number of allylic oxidation sites excluding steroid dienone is 1. The second-order valence-corrected chi connectivity index (χ2v) is 7.33. The lowest BCUT2D eigenvalue weighted by atomic mass is 9.67. The third kappa shape index (κ3) is 4.35. The topological polar surface area (TPSA) is 12.0 Å². The van der Waals surface area contributed by atoms with E-state index >= 15 is 0 Å². The van der Waals surface area contributed by atoms with E-state index in [9.17, 15) is 0 Å². The summed E-state index contributed by atoms with van der Waals surface area (Å²) in [7, 11) is 0. The molecule has 1 heteroatoms. The highest BCUT2D eigenvalue weighted by Crippen LogP contribution is 2.42. The molecule has 0 saturated heterocycles. The molecule has 0 aromatic heterocycles. The van der Waals surface area contributed by atoms with Crippen LogP contribution in [0.3, 0.4) is 0 Å². The van der Waals surface area contributed by atoms with Gasteiger partial charge in [0.1, 0.15) is 0 Å². The van der Waals surface area contributed by atoms with Crippen molar-refractivity contribution in [3.05, 3.63) is 11.6 Å². The molecule has 1 N–H and O–H groups in total. The lowest BCUT2D eigenvalue weighted by molar-refractivity contribution is 0.161. The fourth-order valence-electron chi connectivity index (χ4n) is 4.24. The summed E-state index contributed by atoms with van der Waals surface area (Å²) in [5.41, 5.74) is 2.26. The van der Waals surface area contributed by atoms with Crippen molar-refractivity contribution in [1.29, 1.82) is 0 Å². The Bertz CT molecular complexity index is 299. The van der Waals surface area contributed by atoms with Crippen molar-refractivity contribution in [1.82, 2.24) is 5.32 Å². The van der Waals surface area contributed by atoms with Crippen LogP contribution in [0.25, 0.3) is 0 Å². The third-order valence-corrected chi connectivity index (χ3v) is 5.49. The minimum absolute atomic E-state index is 0.512. The Morgan fingerprint density at radius 2 is 1.75 bits per heavy atom. The van der Waals surface area contributed by atoms with Gasteiger partial charge in [0, 0.05) is 6.04 Å². The molecule has 0 aromatic carbocycles. The zero-order valence-electron chi connectivity index (χ0n) is 13.8. The van der Waals surface area contributed by atoms with Gasteiger partial charge in [-0.2, -0.15) is 0 Å². The quantitative estimate of drug-likeness (QED) is 0.644. The van der Waals surface area contributed by atoms with Crippen LogP contribution in [0.1, 0.15) is 90.9 Å². The zero-order chi connectivity index (χ0) is 14.3. The van der Waals surface area contributed by atoms with E-state index < -0.39 is 0 Å². The summed E-state index contributed by atoms with van der Waals surface area (Å²) in [5, 5.41) is 3.93. The molecule has 0 spiro atoms. The van der Waals surface area contributed by atoms with Crippen LogP contribution in [0.5, 0.6) is 0 Å². The predicted molar refractivity (Wildman–Crippen MR) is 89.1 cm³/mol. The van der Waals surface area contributed by atoms with Crippen LogP contribution in [-0.4, -0.2) is 12.6 Å². The molecule has 2 rings (SSSR count). The SMILES string of the molecule is CCCNC(C1=CCCCCCC1)C1(C)CCCCC1. The summed E-state index contributed by atoms with van der Waals surface area (Å²) < 4.78 is 0. The van der Waals surface area contributed by atoms with Crippen LogP contribution < -0.4 is 5.32 Å². The number of rotatable bonds is 5. The largest absolute Gasteiger partial charge is 0.310 e. The van der Waals surface area contributed by atoms with Crippen LogP contribution in [0.15, 0.2) is 11.6 Å². The smallest absolute Gasteiger partial charge is 0.0333 e. The molecule has 0 amide bonds. The number of hydrogen-bond donors (Lipinski definition) is 1. The van der Waals surface area contributed by atoms with Crippen molar-refractivity contribution in [3.8, 4) is 0 Å². The van der Waals surface area contributed by atoms with Crippen LogP contribution in [0, 0.1) is 5.41 Å². The first-order chi connectivity index (χ1) is 9.76. The molecular formula is C19H35N. The second kappa shape index (κ2) is 8.22. The van der Waals surface area contributed by atoms with E-state index in [1.165, 1.54) is 83.6 Å². The average molecular weight is 277 g/mol. The van der Waals surface area contributed by atoms with Crippen molar-refractivity contribution in [2.45, 2.75) is 96.9 Å². The first-order valence-electron chi connectivity index (χ1n) is 9.18. The van der Waals surface area contributed by atoms with Crippen LogP contribution in [0.2, 0.25) is 0 Å². The predicted octanol–water partition coefficient (Wildman–Crippen LogP) is 5.61. The first-order valence-corrected chi connectivity index (χ1v) is 9.18. The van der Waals surface area contributed by atoms with Gasteiger partial charge in [0.25, 0.3) is 0 Å².